The molecule has 0 saturated heterocycles. The third kappa shape index (κ3) is 3.94. The van der Waals surface area contributed by atoms with Gasteiger partial charge in [-0.3, -0.25) is 9.69 Å². The lowest BCUT2D eigenvalue weighted by molar-refractivity contribution is -0.141. The predicted octanol–water partition coefficient (Wildman–Crippen LogP) is 2.42. The average Bonchev–Trinajstić information content (AvgIpc) is 2.43. The minimum atomic E-state index is -0.944. The molecule has 0 bridgehead atoms. The third-order valence-electron chi connectivity index (χ3n) is 3.07. The summed E-state index contributed by atoms with van der Waals surface area (Å²) < 4.78 is 12.9. The Morgan fingerprint density at radius 2 is 1.85 bits per heavy atom. The Hall–Kier alpha value is -2.11. The van der Waals surface area contributed by atoms with Crippen LogP contribution in [0.25, 0.3) is 0 Å². The molecule has 1 atom stereocenters. The van der Waals surface area contributed by atoms with Crippen molar-refractivity contribution in [1.82, 2.24) is 4.90 Å². The third-order valence-corrected chi connectivity index (χ3v) is 3.07. The van der Waals surface area contributed by atoms with Crippen LogP contribution >= 0.6 is 0 Å². The molecule has 0 saturated carbocycles. The summed E-state index contributed by atoms with van der Waals surface area (Å²) in [6.07, 6.45) is 0. The molecule has 1 N–H and O–H groups in total. The van der Waals surface area contributed by atoms with Crippen molar-refractivity contribution >= 4 is 17.7 Å². The first kappa shape index (κ1) is 15.9. The van der Waals surface area contributed by atoms with Crippen LogP contribution in [-0.2, 0) is 4.79 Å². The number of anilines is 1. The molecule has 1 rings (SSSR count). The first-order valence-electron chi connectivity index (χ1n) is 6.37. The Labute approximate surface area is 117 Å². The number of carbonyl (C=O) groups is 2. The first-order valence-corrected chi connectivity index (χ1v) is 6.37. The maximum Gasteiger partial charge on any atom is 0.324 e. The van der Waals surface area contributed by atoms with Gasteiger partial charge in [-0.1, -0.05) is 6.92 Å². The van der Waals surface area contributed by atoms with Gasteiger partial charge in [-0.2, -0.15) is 0 Å². The SMILES string of the molecule is CCN(CC(C)C(=O)O)C(=O)N(C)c1ccc(F)cc1. The topological polar surface area (TPSA) is 60.9 Å². The number of nitrogens with zero attached hydrogens (tertiary/aromatic N) is 2. The van der Waals surface area contributed by atoms with E-state index in [2.05, 4.69) is 0 Å². The second kappa shape index (κ2) is 6.88. The predicted molar refractivity (Wildman–Crippen MR) is 74.2 cm³/mol. The van der Waals surface area contributed by atoms with Crippen LogP contribution in [0.1, 0.15) is 13.8 Å². The van der Waals surface area contributed by atoms with Gasteiger partial charge in [0.25, 0.3) is 0 Å². The lowest BCUT2D eigenvalue weighted by Gasteiger charge is -2.28. The number of rotatable bonds is 5. The van der Waals surface area contributed by atoms with Crippen molar-refractivity contribution in [1.29, 1.82) is 0 Å². The zero-order valence-electron chi connectivity index (χ0n) is 11.8. The number of carboxylic acids is 1. The summed E-state index contributed by atoms with van der Waals surface area (Å²) in [6, 6.07) is 5.24. The molecule has 0 aliphatic heterocycles. The van der Waals surface area contributed by atoms with Crippen LogP contribution in [0.15, 0.2) is 24.3 Å². The van der Waals surface area contributed by atoms with Crippen molar-refractivity contribution in [2.45, 2.75) is 13.8 Å². The molecule has 5 nitrogen and oxygen atoms in total. The molecular weight excluding hydrogens is 263 g/mol. The standard InChI is InChI=1S/C14H19FN2O3/c1-4-17(9-10(2)13(18)19)14(20)16(3)12-7-5-11(15)6-8-12/h5-8,10H,4,9H2,1-3H3,(H,18,19). The molecule has 1 aromatic rings. The minimum Gasteiger partial charge on any atom is -0.481 e. The lowest BCUT2D eigenvalue weighted by Crippen LogP contribution is -2.44. The molecule has 0 fully saturated rings. The molecular formula is C14H19FN2O3. The van der Waals surface area contributed by atoms with Crippen molar-refractivity contribution < 1.29 is 19.1 Å². The highest BCUT2D eigenvalue weighted by Gasteiger charge is 2.22. The Kier molecular flexibility index (Phi) is 5.49. The molecule has 1 unspecified atom stereocenters. The van der Waals surface area contributed by atoms with Crippen molar-refractivity contribution in [2.75, 3.05) is 25.0 Å². The summed E-state index contributed by atoms with van der Waals surface area (Å²) in [5, 5.41) is 8.90. The number of urea groups is 1. The minimum absolute atomic E-state index is 0.135. The summed E-state index contributed by atoms with van der Waals surface area (Å²) in [5.74, 6) is -1.96. The van der Waals surface area contributed by atoms with E-state index in [1.165, 1.54) is 34.1 Å². The zero-order chi connectivity index (χ0) is 15.3. The Balaban J connectivity index is 2.79. The second-order valence-corrected chi connectivity index (χ2v) is 4.60. The molecule has 1 aromatic carbocycles. The summed E-state index contributed by atoms with van der Waals surface area (Å²) in [6.45, 7) is 3.87. The number of hydrogen-bond acceptors (Lipinski definition) is 2. The van der Waals surface area contributed by atoms with Crippen LogP contribution in [0.2, 0.25) is 0 Å². The van der Waals surface area contributed by atoms with Gasteiger partial charge in [0.1, 0.15) is 5.82 Å². The van der Waals surface area contributed by atoms with Gasteiger partial charge in [-0.25, -0.2) is 9.18 Å². The van der Waals surface area contributed by atoms with E-state index in [4.69, 9.17) is 5.11 Å². The quantitative estimate of drug-likeness (QED) is 0.902. The number of hydrogen-bond donors (Lipinski definition) is 1. The number of carbonyl (C=O) groups excluding carboxylic acids is 1. The van der Waals surface area contributed by atoms with Crippen LogP contribution in [0.4, 0.5) is 14.9 Å². The molecule has 6 heteroatoms. The molecule has 20 heavy (non-hydrogen) atoms. The molecule has 0 aliphatic carbocycles. The number of benzene rings is 1. The smallest absolute Gasteiger partial charge is 0.324 e. The maximum absolute atomic E-state index is 12.9. The highest BCUT2D eigenvalue weighted by atomic mass is 19.1. The van der Waals surface area contributed by atoms with Gasteiger partial charge in [-0.05, 0) is 31.2 Å². The van der Waals surface area contributed by atoms with Gasteiger partial charge in [0.2, 0.25) is 0 Å². The van der Waals surface area contributed by atoms with Gasteiger partial charge >= 0.3 is 12.0 Å². The van der Waals surface area contributed by atoms with E-state index in [9.17, 15) is 14.0 Å². The maximum atomic E-state index is 12.9. The molecule has 0 aromatic heterocycles. The van der Waals surface area contributed by atoms with E-state index in [1.807, 2.05) is 0 Å². The molecule has 2 amide bonds. The second-order valence-electron chi connectivity index (χ2n) is 4.60. The van der Waals surface area contributed by atoms with Gasteiger partial charge in [0.15, 0.2) is 0 Å². The van der Waals surface area contributed by atoms with E-state index < -0.39 is 11.9 Å². The summed E-state index contributed by atoms with van der Waals surface area (Å²) in [5.41, 5.74) is 0.554. The van der Waals surface area contributed by atoms with Crippen LogP contribution in [-0.4, -0.2) is 42.1 Å². The van der Waals surface area contributed by atoms with E-state index in [0.29, 0.717) is 12.2 Å². The largest absolute Gasteiger partial charge is 0.481 e. The van der Waals surface area contributed by atoms with Crippen molar-refractivity contribution in [3.05, 3.63) is 30.1 Å². The van der Waals surface area contributed by atoms with Crippen molar-refractivity contribution in [2.24, 2.45) is 5.92 Å². The average molecular weight is 282 g/mol. The Morgan fingerprint density at radius 1 is 1.30 bits per heavy atom. The first-order chi connectivity index (χ1) is 9.36. The van der Waals surface area contributed by atoms with Gasteiger partial charge < -0.3 is 10.0 Å². The fraction of sp³-hybridized carbons (Fsp3) is 0.429. The van der Waals surface area contributed by atoms with Crippen LogP contribution in [0.3, 0.4) is 0 Å². The zero-order valence-corrected chi connectivity index (χ0v) is 11.8. The van der Waals surface area contributed by atoms with E-state index in [-0.39, 0.29) is 18.4 Å². The number of carboxylic acid groups (broad SMARTS) is 1. The van der Waals surface area contributed by atoms with E-state index in [1.54, 1.807) is 20.9 Å². The highest BCUT2D eigenvalue weighted by molar-refractivity contribution is 5.91. The highest BCUT2D eigenvalue weighted by Crippen LogP contribution is 2.15. The van der Waals surface area contributed by atoms with Crippen LogP contribution in [0.5, 0.6) is 0 Å². The van der Waals surface area contributed by atoms with Crippen LogP contribution < -0.4 is 4.90 Å². The molecule has 110 valence electrons. The van der Waals surface area contributed by atoms with E-state index >= 15 is 0 Å². The number of amides is 2. The van der Waals surface area contributed by atoms with Crippen LogP contribution in [0, 0.1) is 11.7 Å². The summed E-state index contributed by atoms with van der Waals surface area (Å²) in [4.78, 5) is 26.0. The van der Waals surface area contributed by atoms with Crippen molar-refractivity contribution in [3.63, 3.8) is 0 Å². The van der Waals surface area contributed by atoms with Gasteiger partial charge in [-0.15, -0.1) is 0 Å². The lowest BCUT2D eigenvalue weighted by atomic mass is 10.2. The molecule has 0 spiro atoms. The van der Waals surface area contributed by atoms with Gasteiger partial charge in [0, 0.05) is 25.8 Å². The molecule has 0 heterocycles. The van der Waals surface area contributed by atoms with Crippen molar-refractivity contribution in [3.8, 4) is 0 Å². The summed E-state index contributed by atoms with van der Waals surface area (Å²) >= 11 is 0. The molecule has 0 aliphatic rings. The summed E-state index contributed by atoms with van der Waals surface area (Å²) in [7, 11) is 1.57. The molecule has 0 radical (unpaired) electrons. The van der Waals surface area contributed by atoms with Gasteiger partial charge in [0.05, 0.1) is 5.92 Å². The monoisotopic (exact) mass is 282 g/mol. The number of aliphatic carboxylic acids is 1. The van der Waals surface area contributed by atoms with E-state index in [0.717, 1.165) is 0 Å². The fourth-order valence-corrected chi connectivity index (χ4v) is 1.74. The Morgan fingerprint density at radius 3 is 2.30 bits per heavy atom. The normalized spacial score (nSPS) is 11.8. The Bertz CT molecular complexity index is 476. The fourth-order valence-electron chi connectivity index (χ4n) is 1.74. The number of halogens is 1.